The third-order valence-electron chi connectivity index (χ3n) is 5.27. The Hall–Kier alpha value is -2.67. The van der Waals surface area contributed by atoms with Gasteiger partial charge in [0.25, 0.3) is 0 Å². The quantitative estimate of drug-likeness (QED) is 0.558. The van der Waals surface area contributed by atoms with Gasteiger partial charge in [0.15, 0.2) is 0 Å². The molecule has 0 saturated carbocycles. The maximum atomic E-state index is 12.3. The zero-order valence-electron chi connectivity index (χ0n) is 16.8. The summed E-state index contributed by atoms with van der Waals surface area (Å²) in [5.41, 5.74) is 3.76. The average Bonchev–Trinajstić information content (AvgIpc) is 3.20. The van der Waals surface area contributed by atoms with Gasteiger partial charge >= 0.3 is 5.97 Å². The topological polar surface area (TPSA) is 76.5 Å². The van der Waals surface area contributed by atoms with Crippen molar-refractivity contribution in [2.45, 2.75) is 45.3 Å². The maximum absolute atomic E-state index is 12.3. The summed E-state index contributed by atoms with van der Waals surface area (Å²) in [7, 11) is 3.28. The van der Waals surface area contributed by atoms with Crippen LogP contribution < -0.4 is 5.32 Å². The van der Waals surface area contributed by atoms with Crippen LogP contribution in [0.4, 0.5) is 0 Å². The predicted molar refractivity (Wildman–Crippen MR) is 106 cm³/mol. The molecule has 1 amide bonds. The van der Waals surface area contributed by atoms with Gasteiger partial charge in [0, 0.05) is 44.4 Å². The number of aryl methyl sites for hydroxylation is 2. The molecule has 1 atom stereocenters. The molecular formula is C21H28N4O3. The first kappa shape index (κ1) is 20.1. The van der Waals surface area contributed by atoms with Crippen LogP contribution in [-0.2, 0) is 29.7 Å². The molecule has 1 aromatic heterocycles. The summed E-state index contributed by atoms with van der Waals surface area (Å²) in [6, 6.07) is 7.67. The summed E-state index contributed by atoms with van der Waals surface area (Å²) in [5, 5.41) is 7.81. The van der Waals surface area contributed by atoms with E-state index in [1.54, 1.807) is 16.8 Å². The summed E-state index contributed by atoms with van der Waals surface area (Å²) in [6.45, 7) is 4.18. The van der Waals surface area contributed by atoms with Gasteiger partial charge < -0.3 is 15.0 Å². The van der Waals surface area contributed by atoms with E-state index >= 15 is 0 Å². The second-order valence-electron chi connectivity index (χ2n) is 7.28. The number of nitrogens with one attached hydrogen (secondary N) is 1. The highest BCUT2D eigenvalue weighted by atomic mass is 16.5. The van der Waals surface area contributed by atoms with E-state index in [9.17, 15) is 9.59 Å². The minimum absolute atomic E-state index is 0.228. The van der Waals surface area contributed by atoms with Gasteiger partial charge in [-0.1, -0.05) is 12.1 Å². The van der Waals surface area contributed by atoms with E-state index in [4.69, 9.17) is 4.74 Å². The van der Waals surface area contributed by atoms with Crippen molar-refractivity contribution in [2.75, 3.05) is 13.7 Å². The van der Waals surface area contributed by atoms with Crippen LogP contribution in [0.1, 0.15) is 46.4 Å². The number of rotatable bonds is 8. The van der Waals surface area contributed by atoms with E-state index in [1.165, 1.54) is 7.11 Å². The van der Waals surface area contributed by atoms with Crippen LogP contribution in [0, 0.1) is 6.92 Å². The van der Waals surface area contributed by atoms with Crippen molar-refractivity contribution in [2.24, 2.45) is 7.05 Å². The Morgan fingerprint density at radius 1 is 1.32 bits per heavy atom. The molecular weight excluding hydrogens is 356 g/mol. The first-order valence-corrected chi connectivity index (χ1v) is 9.64. The van der Waals surface area contributed by atoms with Crippen molar-refractivity contribution in [3.63, 3.8) is 0 Å². The highest BCUT2D eigenvalue weighted by Gasteiger charge is 2.31. The second-order valence-corrected chi connectivity index (χ2v) is 7.28. The minimum atomic E-state index is -0.325. The van der Waals surface area contributed by atoms with Crippen LogP contribution in [0.2, 0.25) is 0 Å². The molecule has 3 rings (SSSR count). The lowest BCUT2D eigenvalue weighted by Crippen LogP contribution is -2.34. The van der Waals surface area contributed by atoms with E-state index in [1.807, 2.05) is 37.2 Å². The number of aromatic nitrogens is 2. The third kappa shape index (κ3) is 4.78. The average molecular weight is 384 g/mol. The zero-order valence-corrected chi connectivity index (χ0v) is 16.8. The fourth-order valence-electron chi connectivity index (χ4n) is 3.68. The highest BCUT2D eigenvalue weighted by molar-refractivity contribution is 5.89. The number of benzene rings is 1. The van der Waals surface area contributed by atoms with Crippen LogP contribution in [0.25, 0.3) is 0 Å². The second kappa shape index (κ2) is 9.01. The number of ether oxygens (including phenoxy) is 1. The number of carbonyl (C=O) groups excluding carboxylic acids is 2. The van der Waals surface area contributed by atoms with Gasteiger partial charge in [0.1, 0.15) is 0 Å². The lowest BCUT2D eigenvalue weighted by Gasteiger charge is -2.25. The number of amides is 1. The van der Waals surface area contributed by atoms with Crippen LogP contribution in [-0.4, -0.2) is 46.3 Å². The number of methoxy groups -OCH3 is 1. The van der Waals surface area contributed by atoms with Gasteiger partial charge in [0.05, 0.1) is 18.4 Å². The molecule has 7 heteroatoms. The Bertz CT molecular complexity index is 829. The molecule has 0 bridgehead atoms. The zero-order chi connectivity index (χ0) is 20.1. The standard InChI is InChI=1S/C21H28N4O3/c1-15-18(13-24(2)23-15)14-25-19(8-9-20(25)26)10-11-22-12-16-4-6-17(7-5-16)21(27)28-3/h4-7,13,19,22H,8-12,14H2,1-3H3. The van der Waals surface area contributed by atoms with E-state index in [-0.39, 0.29) is 17.9 Å². The summed E-state index contributed by atoms with van der Waals surface area (Å²) < 4.78 is 6.51. The molecule has 1 N–H and O–H groups in total. The SMILES string of the molecule is COC(=O)c1ccc(CNCCC2CCC(=O)N2Cc2cn(C)nc2C)cc1. The molecule has 1 aliphatic rings. The molecule has 1 aromatic carbocycles. The van der Waals surface area contributed by atoms with Gasteiger partial charge in [-0.15, -0.1) is 0 Å². The lowest BCUT2D eigenvalue weighted by atomic mass is 10.1. The first-order chi connectivity index (χ1) is 13.5. The Labute approximate surface area is 165 Å². The first-order valence-electron chi connectivity index (χ1n) is 9.64. The molecule has 1 saturated heterocycles. The molecule has 1 fully saturated rings. The molecule has 0 aliphatic carbocycles. The normalized spacial score (nSPS) is 16.6. The van der Waals surface area contributed by atoms with Crippen LogP contribution in [0.15, 0.2) is 30.5 Å². The molecule has 1 unspecified atom stereocenters. The van der Waals surface area contributed by atoms with Gasteiger partial charge in [-0.3, -0.25) is 9.48 Å². The van der Waals surface area contributed by atoms with Crippen molar-refractivity contribution >= 4 is 11.9 Å². The van der Waals surface area contributed by atoms with Gasteiger partial charge in [-0.25, -0.2) is 4.79 Å². The summed E-state index contributed by atoms with van der Waals surface area (Å²) in [6.07, 6.45) is 4.45. The molecule has 28 heavy (non-hydrogen) atoms. The highest BCUT2D eigenvalue weighted by Crippen LogP contribution is 2.24. The number of hydrogen-bond acceptors (Lipinski definition) is 5. The van der Waals surface area contributed by atoms with Crippen molar-refractivity contribution in [1.82, 2.24) is 20.0 Å². The van der Waals surface area contributed by atoms with E-state index in [0.29, 0.717) is 18.5 Å². The lowest BCUT2D eigenvalue weighted by molar-refractivity contribution is -0.129. The van der Waals surface area contributed by atoms with Gasteiger partial charge in [-0.2, -0.15) is 5.10 Å². The maximum Gasteiger partial charge on any atom is 0.337 e. The predicted octanol–water partition coefficient (Wildman–Crippen LogP) is 2.19. The molecule has 7 nitrogen and oxygen atoms in total. The molecule has 1 aliphatic heterocycles. The van der Waals surface area contributed by atoms with E-state index < -0.39 is 0 Å². The van der Waals surface area contributed by atoms with Gasteiger partial charge in [0.2, 0.25) is 5.91 Å². The van der Waals surface area contributed by atoms with Crippen molar-refractivity contribution in [1.29, 1.82) is 0 Å². The minimum Gasteiger partial charge on any atom is -0.465 e. The van der Waals surface area contributed by atoms with Crippen molar-refractivity contribution in [3.05, 3.63) is 52.8 Å². The summed E-state index contributed by atoms with van der Waals surface area (Å²) in [4.78, 5) is 25.8. The van der Waals surface area contributed by atoms with Crippen molar-refractivity contribution < 1.29 is 14.3 Å². The number of esters is 1. The van der Waals surface area contributed by atoms with Crippen molar-refractivity contribution in [3.8, 4) is 0 Å². The van der Waals surface area contributed by atoms with Crippen LogP contribution >= 0.6 is 0 Å². The molecule has 150 valence electrons. The monoisotopic (exact) mass is 384 g/mol. The molecule has 0 radical (unpaired) electrons. The Morgan fingerprint density at radius 3 is 2.71 bits per heavy atom. The fraction of sp³-hybridized carbons (Fsp3) is 0.476. The van der Waals surface area contributed by atoms with Crippen LogP contribution in [0.3, 0.4) is 0 Å². The Balaban J connectivity index is 1.47. The number of nitrogens with zero attached hydrogens (tertiary/aromatic N) is 3. The van der Waals surface area contributed by atoms with Crippen LogP contribution in [0.5, 0.6) is 0 Å². The van der Waals surface area contributed by atoms with Gasteiger partial charge in [-0.05, 0) is 44.0 Å². The largest absolute Gasteiger partial charge is 0.465 e. The summed E-state index contributed by atoms with van der Waals surface area (Å²) in [5.74, 6) is -0.0963. The number of likely N-dealkylation sites (tertiary alicyclic amines) is 1. The smallest absolute Gasteiger partial charge is 0.337 e. The van der Waals surface area contributed by atoms with E-state index in [2.05, 4.69) is 10.4 Å². The Morgan fingerprint density at radius 2 is 2.07 bits per heavy atom. The number of hydrogen-bond donors (Lipinski definition) is 1. The fourth-order valence-corrected chi connectivity index (χ4v) is 3.68. The third-order valence-corrected chi connectivity index (χ3v) is 5.27. The Kier molecular flexibility index (Phi) is 6.46. The van der Waals surface area contributed by atoms with E-state index in [0.717, 1.165) is 42.8 Å². The number of carbonyl (C=O) groups is 2. The molecule has 2 heterocycles. The molecule has 0 spiro atoms. The molecule has 2 aromatic rings. The summed E-state index contributed by atoms with van der Waals surface area (Å²) >= 11 is 0.